The fourth-order valence-corrected chi connectivity index (χ4v) is 4.93. The van der Waals surface area contributed by atoms with Gasteiger partial charge in [-0.2, -0.15) is 5.10 Å². The third-order valence-corrected chi connectivity index (χ3v) is 6.93. The maximum absolute atomic E-state index is 13.5. The maximum atomic E-state index is 13.5. The first-order valence-electron chi connectivity index (χ1n) is 13.0. The van der Waals surface area contributed by atoms with Crippen molar-refractivity contribution in [3.63, 3.8) is 0 Å². The number of hydrogen-bond acceptors (Lipinski definition) is 5. The second kappa shape index (κ2) is 10.2. The van der Waals surface area contributed by atoms with Gasteiger partial charge in [-0.15, -0.1) is 0 Å². The zero-order chi connectivity index (χ0) is 26.9. The molecular formula is C32H24FN7. The van der Waals surface area contributed by atoms with E-state index in [0.29, 0.717) is 18.1 Å². The van der Waals surface area contributed by atoms with Gasteiger partial charge in [-0.3, -0.25) is 15.1 Å². The topological polar surface area (TPSA) is 95.2 Å². The van der Waals surface area contributed by atoms with Crippen LogP contribution in [-0.4, -0.2) is 30.1 Å². The van der Waals surface area contributed by atoms with E-state index in [0.717, 1.165) is 56.4 Å². The molecule has 7 nitrogen and oxygen atoms in total. The van der Waals surface area contributed by atoms with Crippen molar-refractivity contribution in [1.29, 1.82) is 0 Å². The highest BCUT2D eigenvalue weighted by atomic mass is 19.1. The molecule has 0 unspecified atom stereocenters. The normalized spacial score (nSPS) is 11.4. The van der Waals surface area contributed by atoms with E-state index in [9.17, 15) is 4.39 Å². The van der Waals surface area contributed by atoms with E-state index in [1.54, 1.807) is 18.3 Å². The van der Waals surface area contributed by atoms with Crippen LogP contribution in [0, 0.1) is 5.82 Å². The average molecular weight is 526 g/mol. The molecule has 7 rings (SSSR count). The Labute approximate surface area is 229 Å². The minimum Gasteiger partial charge on any atom is -0.337 e. The van der Waals surface area contributed by atoms with Gasteiger partial charge in [-0.05, 0) is 47.0 Å². The number of rotatable bonds is 7. The average Bonchev–Trinajstić information content (AvgIpc) is 3.62. The third kappa shape index (κ3) is 4.61. The first-order valence-corrected chi connectivity index (χ1v) is 13.0. The second-order valence-corrected chi connectivity index (χ2v) is 9.65. The minimum atomic E-state index is -0.268. The fraction of sp³-hybridized carbons (Fsp3) is 0.0625. The Hall–Kier alpha value is -5.21. The van der Waals surface area contributed by atoms with Gasteiger partial charge in [0.05, 0.1) is 28.4 Å². The van der Waals surface area contributed by atoms with Crippen molar-refractivity contribution in [3.05, 3.63) is 120 Å². The molecule has 0 saturated carbocycles. The van der Waals surface area contributed by atoms with Crippen molar-refractivity contribution in [2.45, 2.75) is 13.1 Å². The Morgan fingerprint density at radius 2 is 1.60 bits per heavy atom. The van der Waals surface area contributed by atoms with E-state index < -0.39 is 0 Å². The molecular weight excluding hydrogens is 501 g/mol. The summed E-state index contributed by atoms with van der Waals surface area (Å²) in [7, 11) is 0. The van der Waals surface area contributed by atoms with Crippen LogP contribution in [0.4, 0.5) is 4.39 Å². The lowest BCUT2D eigenvalue weighted by Crippen LogP contribution is -2.12. The summed E-state index contributed by atoms with van der Waals surface area (Å²) < 4.78 is 13.5. The Morgan fingerprint density at radius 1 is 0.750 bits per heavy atom. The van der Waals surface area contributed by atoms with Gasteiger partial charge in [0, 0.05) is 42.0 Å². The number of hydrogen-bond donors (Lipinski definition) is 3. The summed E-state index contributed by atoms with van der Waals surface area (Å²) in [4.78, 5) is 17.4. The van der Waals surface area contributed by atoms with Crippen LogP contribution in [0.1, 0.15) is 11.1 Å². The Balaban J connectivity index is 1.20. The number of H-pyrrole nitrogens is 2. The maximum Gasteiger partial charge on any atom is 0.159 e. The molecule has 7 aromatic rings. The summed E-state index contributed by atoms with van der Waals surface area (Å²) in [6.07, 6.45) is 5.48. The van der Waals surface area contributed by atoms with Crippen LogP contribution in [0.15, 0.2) is 104 Å². The molecule has 4 heterocycles. The quantitative estimate of drug-likeness (QED) is 0.216. The smallest absolute Gasteiger partial charge is 0.159 e. The zero-order valence-corrected chi connectivity index (χ0v) is 21.4. The number of imidazole rings is 1. The van der Waals surface area contributed by atoms with Crippen molar-refractivity contribution in [2.75, 3.05) is 0 Å². The number of para-hydroxylation sites is 1. The lowest BCUT2D eigenvalue weighted by atomic mass is 10.0. The lowest BCUT2D eigenvalue weighted by molar-refractivity contribution is 0.628. The minimum absolute atomic E-state index is 0.268. The molecule has 0 spiro atoms. The monoisotopic (exact) mass is 525 g/mol. The Morgan fingerprint density at radius 3 is 2.48 bits per heavy atom. The molecule has 4 aromatic heterocycles. The van der Waals surface area contributed by atoms with E-state index in [1.807, 2.05) is 54.9 Å². The van der Waals surface area contributed by atoms with Crippen LogP contribution in [-0.2, 0) is 13.1 Å². The second-order valence-electron chi connectivity index (χ2n) is 9.65. The molecule has 0 atom stereocenters. The standard InChI is InChI=1S/C32H24FN7/c33-24-11-9-22(10-12-24)25-7-4-8-27-30(25)38-32(37-27)31-26-14-28(36-19-29(26)39-40-31)23-13-21(17-35-18-23)16-34-15-20-5-2-1-3-6-20/h1-14,17-19,34H,15-16H2,(H,37,38)(H,39,40). The molecule has 0 aliphatic heterocycles. The molecule has 0 radical (unpaired) electrons. The summed E-state index contributed by atoms with van der Waals surface area (Å²) in [6.45, 7) is 1.48. The molecule has 3 N–H and O–H groups in total. The highest BCUT2D eigenvalue weighted by Crippen LogP contribution is 2.32. The van der Waals surface area contributed by atoms with Gasteiger partial charge in [0.1, 0.15) is 11.5 Å². The molecule has 3 aromatic carbocycles. The van der Waals surface area contributed by atoms with Crippen LogP contribution in [0.2, 0.25) is 0 Å². The van der Waals surface area contributed by atoms with Gasteiger partial charge in [0.2, 0.25) is 0 Å². The molecule has 0 aliphatic rings. The predicted octanol–water partition coefficient (Wildman–Crippen LogP) is 6.66. The Bertz CT molecular complexity index is 1940. The first kappa shape index (κ1) is 23.9. The number of nitrogens with zero attached hydrogens (tertiary/aromatic N) is 4. The number of aromatic nitrogens is 6. The SMILES string of the molecule is Fc1ccc(-c2cccc3[nH]c(-c4n[nH]c5cnc(-c6cncc(CNCc7ccccc7)c6)cc45)nc23)cc1. The van der Waals surface area contributed by atoms with Gasteiger partial charge in [-0.1, -0.05) is 54.6 Å². The predicted molar refractivity (Wildman–Crippen MR) is 155 cm³/mol. The van der Waals surface area contributed by atoms with E-state index in [4.69, 9.17) is 4.98 Å². The Kier molecular flexibility index (Phi) is 6.07. The molecule has 0 fully saturated rings. The van der Waals surface area contributed by atoms with Crippen LogP contribution in [0.5, 0.6) is 0 Å². The van der Waals surface area contributed by atoms with E-state index in [2.05, 4.69) is 48.7 Å². The van der Waals surface area contributed by atoms with Crippen LogP contribution in [0.25, 0.3) is 55.8 Å². The number of fused-ring (bicyclic) bond motifs is 2. The summed E-state index contributed by atoms with van der Waals surface area (Å²) >= 11 is 0. The van der Waals surface area contributed by atoms with Crippen molar-refractivity contribution in [2.24, 2.45) is 0 Å². The number of nitrogens with one attached hydrogen (secondary N) is 3. The molecule has 40 heavy (non-hydrogen) atoms. The summed E-state index contributed by atoms with van der Waals surface area (Å²) in [5.41, 5.74) is 9.05. The largest absolute Gasteiger partial charge is 0.337 e. The molecule has 194 valence electrons. The van der Waals surface area contributed by atoms with Gasteiger partial charge in [0.25, 0.3) is 0 Å². The van der Waals surface area contributed by atoms with Gasteiger partial charge < -0.3 is 10.3 Å². The van der Waals surface area contributed by atoms with Crippen molar-refractivity contribution in [1.82, 2.24) is 35.5 Å². The van der Waals surface area contributed by atoms with Gasteiger partial charge >= 0.3 is 0 Å². The molecule has 0 bridgehead atoms. The van der Waals surface area contributed by atoms with Crippen LogP contribution in [0.3, 0.4) is 0 Å². The lowest BCUT2D eigenvalue weighted by Gasteiger charge is -2.07. The van der Waals surface area contributed by atoms with Crippen molar-refractivity contribution < 1.29 is 4.39 Å². The van der Waals surface area contributed by atoms with Crippen LogP contribution < -0.4 is 5.32 Å². The fourth-order valence-electron chi connectivity index (χ4n) is 4.93. The van der Waals surface area contributed by atoms with Crippen LogP contribution >= 0.6 is 0 Å². The van der Waals surface area contributed by atoms with Gasteiger partial charge in [0.15, 0.2) is 5.82 Å². The van der Waals surface area contributed by atoms with E-state index in [-0.39, 0.29) is 5.82 Å². The highest BCUT2D eigenvalue weighted by molar-refractivity contribution is 5.97. The number of pyridine rings is 2. The first-order chi connectivity index (χ1) is 19.7. The highest BCUT2D eigenvalue weighted by Gasteiger charge is 2.16. The van der Waals surface area contributed by atoms with E-state index >= 15 is 0 Å². The summed E-state index contributed by atoms with van der Waals surface area (Å²) in [5.74, 6) is 0.375. The molecule has 8 heteroatoms. The van der Waals surface area contributed by atoms with Crippen molar-refractivity contribution >= 4 is 21.9 Å². The number of benzene rings is 3. The van der Waals surface area contributed by atoms with E-state index in [1.165, 1.54) is 17.7 Å². The number of aromatic amines is 2. The zero-order valence-electron chi connectivity index (χ0n) is 21.4. The number of halogens is 1. The molecule has 0 saturated heterocycles. The van der Waals surface area contributed by atoms with Crippen molar-refractivity contribution in [3.8, 4) is 33.9 Å². The molecule has 0 amide bonds. The van der Waals surface area contributed by atoms with Gasteiger partial charge in [-0.25, -0.2) is 9.37 Å². The summed E-state index contributed by atoms with van der Waals surface area (Å²) in [6, 6.07) is 26.8. The summed E-state index contributed by atoms with van der Waals surface area (Å²) in [5, 5.41) is 12.0. The third-order valence-electron chi connectivity index (χ3n) is 6.93. The molecule has 0 aliphatic carbocycles.